The Balaban J connectivity index is 0.000000163. The molecule has 0 spiro atoms. The molecule has 4 nitrogen and oxygen atoms in total. The van der Waals surface area contributed by atoms with Gasteiger partial charge in [-0.2, -0.15) is 0 Å². The Morgan fingerprint density at radius 1 is 0.545 bits per heavy atom. The molecule has 4 heteroatoms. The lowest BCUT2D eigenvalue weighted by atomic mass is 9.95. The number of nitrogens with one attached hydrogen (secondary N) is 1. The van der Waals surface area contributed by atoms with Crippen molar-refractivity contribution in [3.63, 3.8) is 0 Å². The maximum atomic E-state index is 8.03. The number of para-hydroxylation sites is 3. The number of anilines is 1. The van der Waals surface area contributed by atoms with Crippen molar-refractivity contribution in [2.24, 2.45) is 7.05 Å². The van der Waals surface area contributed by atoms with E-state index in [0.717, 1.165) is 22.3 Å². The average molecular weight is 568 g/mol. The average Bonchev–Trinajstić information content (AvgIpc) is 3.60. The molecule has 9 aromatic rings. The normalized spacial score (nSPS) is 11.5. The van der Waals surface area contributed by atoms with Crippen LogP contribution in [0.15, 0.2) is 144 Å². The molecule has 0 saturated heterocycles. The molecule has 2 heterocycles. The van der Waals surface area contributed by atoms with E-state index in [1.54, 1.807) is 0 Å². The van der Waals surface area contributed by atoms with E-state index in [1.165, 1.54) is 54.1 Å². The molecule has 0 aliphatic rings. The van der Waals surface area contributed by atoms with E-state index in [4.69, 9.17) is 15.6 Å². The molecule has 0 unspecified atom stereocenters. The fourth-order valence-electron chi connectivity index (χ4n) is 6.59. The van der Waals surface area contributed by atoms with Crippen LogP contribution < -0.4 is 5.73 Å². The minimum absolute atomic E-state index is 0.466. The van der Waals surface area contributed by atoms with Crippen molar-refractivity contribution >= 4 is 76.7 Å². The van der Waals surface area contributed by atoms with Gasteiger partial charge in [0, 0.05) is 61.8 Å². The van der Waals surface area contributed by atoms with Gasteiger partial charge in [-0.25, -0.2) is 0 Å². The smallest absolute Gasteiger partial charge is 0.136 e. The Hall–Kier alpha value is -5.87. The number of hydrogen-bond donors (Lipinski definition) is 2. The number of nitrogens with zero attached hydrogens (tertiary/aromatic N) is 1. The highest BCUT2D eigenvalue weighted by Crippen LogP contribution is 2.41. The third-order valence-electron chi connectivity index (χ3n) is 8.69. The minimum atomic E-state index is 0.466. The van der Waals surface area contributed by atoms with Crippen LogP contribution >= 0.6 is 0 Å². The maximum absolute atomic E-state index is 8.03. The van der Waals surface area contributed by atoms with Gasteiger partial charge in [0.1, 0.15) is 11.2 Å². The SMILES string of the molecule is Cn1c2ccccc2c2c3ccc4ccc5oc6ccccc6c5c4c3ccc21.N=C(c1ccccc1)c1ccccc1N. The van der Waals surface area contributed by atoms with Crippen molar-refractivity contribution in [3.8, 4) is 0 Å². The highest BCUT2D eigenvalue weighted by Gasteiger charge is 2.16. The zero-order valence-corrected chi connectivity index (χ0v) is 24.2. The van der Waals surface area contributed by atoms with Crippen molar-refractivity contribution in [1.29, 1.82) is 5.41 Å². The van der Waals surface area contributed by atoms with Gasteiger partial charge in [0.2, 0.25) is 0 Å². The van der Waals surface area contributed by atoms with Crippen LogP contribution in [0.2, 0.25) is 0 Å². The van der Waals surface area contributed by atoms with Gasteiger partial charge in [-0.3, -0.25) is 5.41 Å². The summed E-state index contributed by atoms with van der Waals surface area (Å²) in [6.07, 6.45) is 0. The first-order chi connectivity index (χ1) is 21.6. The van der Waals surface area contributed by atoms with E-state index in [2.05, 4.69) is 90.5 Å². The molecule has 0 atom stereocenters. The second-order valence-corrected chi connectivity index (χ2v) is 11.2. The summed E-state index contributed by atoms with van der Waals surface area (Å²) in [5, 5.41) is 18.2. The van der Waals surface area contributed by atoms with Gasteiger partial charge >= 0.3 is 0 Å². The largest absolute Gasteiger partial charge is 0.456 e. The summed E-state index contributed by atoms with van der Waals surface area (Å²) >= 11 is 0. The Labute approximate surface area is 254 Å². The monoisotopic (exact) mass is 567 g/mol. The number of nitrogens with two attached hydrogens (primary N) is 1. The molecule has 2 aromatic heterocycles. The van der Waals surface area contributed by atoms with Crippen LogP contribution in [0.4, 0.5) is 5.69 Å². The van der Waals surface area contributed by atoms with Crippen molar-refractivity contribution < 1.29 is 4.42 Å². The van der Waals surface area contributed by atoms with E-state index in [9.17, 15) is 0 Å². The zero-order chi connectivity index (χ0) is 29.8. The van der Waals surface area contributed by atoms with Crippen LogP contribution in [0, 0.1) is 5.41 Å². The number of furan rings is 1. The van der Waals surface area contributed by atoms with Crippen LogP contribution in [0.1, 0.15) is 11.1 Å². The Morgan fingerprint density at radius 2 is 1.20 bits per heavy atom. The number of hydrogen-bond acceptors (Lipinski definition) is 3. The lowest BCUT2D eigenvalue weighted by Crippen LogP contribution is -2.04. The highest BCUT2D eigenvalue weighted by atomic mass is 16.3. The van der Waals surface area contributed by atoms with Crippen molar-refractivity contribution in [3.05, 3.63) is 151 Å². The highest BCUT2D eigenvalue weighted by molar-refractivity contribution is 6.31. The molecule has 9 rings (SSSR count). The van der Waals surface area contributed by atoms with Gasteiger partial charge in [0.15, 0.2) is 0 Å². The van der Waals surface area contributed by atoms with Gasteiger partial charge in [-0.15, -0.1) is 0 Å². The van der Waals surface area contributed by atoms with Crippen LogP contribution in [-0.2, 0) is 7.05 Å². The first-order valence-electron chi connectivity index (χ1n) is 14.7. The number of benzene rings is 7. The number of rotatable bonds is 2. The van der Waals surface area contributed by atoms with E-state index < -0.39 is 0 Å². The topological polar surface area (TPSA) is 67.9 Å². The lowest BCUT2D eigenvalue weighted by molar-refractivity contribution is 0.669. The third-order valence-corrected chi connectivity index (χ3v) is 8.69. The molecule has 44 heavy (non-hydrogen) atoms. The van der Waals surface area contributed by atoms with Gasteiger partial charge in [-0.05, 0) is 46.5 Å². The quantitative estimate of drug-likeness (QED) is 0.124. The molecule has 0 bridgehead atoms. The van der Waals surface area contributed by atoms with E-state index in [-0.39, 0.29) is 0 Å². The standard InChI is InChI=1S/C27H17NO.C13H12N2/c1-28-21-8-4-2-6-19(21)26-18-12-10-16-11-15-24-27(20-7-3-5-9-23(20)29-24)25(16)17(18)13-14-22(26)28;14-12-9-5-4-8-11(12)13(15)10-6-2-1-3-7-10/h2-15H,1H3;1-9,15H,14H2. The van der Waals surface area contributed by atoms with Crippen LogP contribution in [0.25, 0.3) is 65.3 Å². The summed E-state index contributed by atoms with van der Waals surface area (Å²) < 4.78 is 8.46. The second kappa shape index (κ2) is 10.1. The predicted molar refractivity (Wildman–Crippen MR) is 186 cm³/mol. The van der Waals surface area contributed by atoms with Crippen molar-refractivity contribution in [2.45, 2.75) is 0 Å². The molecular weight excluding hydrogens is 538 g/mol. The van der Waals surface area contributed by atoms with Crippen molar-refractivity contribution in [1.82, 2.24) is 4.57 Å². The molecule has 0 aliphatic heterocycles. The van der Waals surface area contributed by atoms with E-state index >= 15 is 0 Å². The minimum Gasteiger partial charge on any atom is -0.456 e. The van der Waals surface area contributed by atoms with Gasteiger partial charge in [0.25, 0.3) is 0 Å². The lowest BCUT2D eigenvalue weighted by Gasteiger charge is -2.08. The Morgan fingerprint density at radius 3 is 2.05 bits per heavy atom. The maximum Gasteiger partial charge on any atom is 0.136 e. The summed E-state index contributed by atoms with van der Waals surface area (Å²) in [5.41, 5.74) is 13.0. The van der Waals surface area contributed by atoms with Crippen LogP contribution in [0.5, 0.6) is 0 Å². The summed E-state index contributed by atoms with van der Waals surface area (Å²) in [4.78, 5) is 0. The van der Waals surface area contributed by atoms with Crippen molar-refractivity contribution in [2.75, 3.05) is 5.73 Å². The Bertz CT molecular complexity index is 2540. The first-order valence-corrected chi connectivity index (χ1v) is 14.7. The molecule has 0 saturated carbocycles. The van der Waals surface area contributed by atoms with Gasteiger partial charge in [0.05, 0.1) is 5.71 Å². The van der Waals surface area contributed by atoms with Gasteiger partial charge < -0.3 is 14.7 Å². The number of nitrogen functional groups attached to an aromatic ring is 1. The molecule has 7 aromatic carbocycles. The molecule has 0 aliphatic carbocycles. The fraction of sp³-hybridized carbons (Fsp3) is 0.0250. The molecule has 3 N–H and O–H groups in total. The Kier molecular flexibility index (Phi) is 5.95. The predicted octanol–water partition coefficient (Wildman–Crippen LogP) is 10.2. The fourth-order valence-corrected chi connectivity index (χ4v) is 6.59. The molecular formula is C40H29N3O. The summed E-state index contributed by atoms with van der Waals surface area (Å²) in [6.45, 7) is 0. The van der Waals surface area contributed by atoms with E-state index in [0.29, 0.717) is 11.4 Å². The summed E-state index contributed by atoms with van der Waals surface area (Å²) in [5.74, 6) is 0. The molecule has 0 radical (unpaired) electrons. The van der Waals surface area contributed by atoms with Gasteiger partial charge in [-0.1, -0.05) is 109 Å². The second-order valence-electron chi connectivity index (χ2n) is 11.2. The number of aryl methyl sites for hydroxylation is 1. The third kappa shape index (κ3) is 3.96. The van der Waals surface area contributed by atoms with Crippen LogP contribution in [-0.4, -0.2) is 10.3 Å². The number of aromatic nitrogens is 1. The first kappa shape index (κ1) is 25.8. The molecule has 0 fully saturated rings. The van der Waals surface area contributed by atoms with E-state index in [1.807, 2.05) is 60.7 Å². The number of fused-ring (bicyclic) bond motifs is 11. The van der Waals surface area contributed by atoms with Crippen LogP contribution in [0.3, 0.4) is 0 Å². The summed E-state index contributed by atoms with van der Waals surface area (Å²) in [7, 11) is 2.15. The molecule has 0 amide bonds. The molecule has 210 valence electrons. The summed E-state index contributed by atoms with van der Waals surface area (Å²) in [6, 6.07) is 47.4. The zero-order valence-electron chi connectivity index (χ0n) is 24.2.